The van der Waals surface area contributed by atoms with Gasteiger partial charge in [-0.05, 0) is 49.1 Å². The minimum atomic E-state index is -4.30. The average molecular weight is 313 g/mol. The van der Waals surface area contributed by atoms with Crippen molar-refractivity contribution < 1.29 is 13.2 Å². The number of alkyl halides is 4. The van der Waals surface area contributed by atoms with E-state index in [1.807, 2.05) is 32.0 Å². The number of hydrogen-bond acceptors (Lipinski definition) is 0. The molecule has 0 nitrogen and oxygen atoms in total. The standard InChI is InChI=1S/C17H16ClF3/c1-11-3-4-12(2)15(9-11)16(18)10-13-5-7-14(8-6-13)17(19,20)21/h3-9,16H,10H2,1-2H3. The normalized spacial score (nSPS) is 13.2. The predicted octanol–water partition coefficient (Wildman–Crippen LogP) is 5.84. The van der Waals surface area contributed by atoms with Crippen LogP contribution >= 0.6 is 11.6 Å². The molecule has 0 heterocycles. The molecule has 4 heteroatoms. The molecule has 0 aliphatic heterocycles. The quantitative estimate of drug-likeness (QED) is 0.624. The maximum Gasteiger partial charge on any atom is 0.416 e. The molecule has 1 unspecified atom stereocenters. The van der Waals surface area contributed by atoms with Crippen molar-refractivity contribution in [2.75, 3.05) is 0 Å². The molecule has 0 amide bonds. The van der Waals surface area contributed by atoms with Gasteiger partial charge >= 0.3 is 6.18 Å². The highest BCUT2D eigenvalue weighted by atomic mass is 35.5. The Morgan fingerprint density at radius 1 is 1.00 bits per heavy atom. The zero-order valence-corrected chi connectivity index (χ0v) is 12.6. The van der Waals surface area contributed by atoms with Crippen molar-refractivity contribution in [2.24, 2.45) is 0 Å². The molecular formula is C17H16ClF3. The third-order valence-corrected chi connectivity index (χ3v) is 3.86. The van der Waals surface area contributed by atoms with E-state index < -0.39 is 11.7 Å². The van der Waals surface area contributed by atoms with Gasteiger partial charge in [0.1, 0.15) is 0 Å². The predicted molar refractivity (Wildman–Crippen MR) is 79.7 cm³/mol. The fourth-order valence-electron chi connectivity index (χ4n) is 2.24. The fraction of sp³-hybridized carbons (Fsp3) is 0.294. The lowest BCUT2D eigenvalue weighted by atomic mass is 9.98. The molecule has 0 saturated heterocycles. The number of rotatable bonds is 3. The van der Waals surface area contributed by atoms with Gasteiger partial charge in [0.15, 0.2) is 0 Å². The first kappa shape index (κ1) is 15.9. The van der Waals surface area contributed by atoms with Crippen molar-refractivity contribution in [3.63, 3.8) is 0 Å². The summed E-state index contributed by atoms with van der Waals surface area (Å²) in [5.74, 6) is 0. The lowest BCUT2D eigenvalue weighted by Crippen LogP contribution is -2.05. The maximum atomic E-state index is 12.5. The van der Waals surface area contributed by atoms with Crippen LogP contribution in [-0.4, -0.2) is 0 Å². The Balaban J connectivity index is 2.16. The van der Waals surface area contributed by atoms with Gasteiger partial charge in [-0.1, -0.05) is 35.9 Å². The number of aryl methyl sites for hydroxylation is 2. The van der Waals surface area contributed by atoms with Crippen LogP contribution in [0.4, 0.5) is 13.2 Å². The van der Waals surface area contributed by atoms with Crippen molar-refractivity contribution in [3.8, 4) is 0 Å². The lowest BCUT2D eigenvalue weighted by Gasteiger charge is -2.14. The number of halogens is 4. The zero-order chi connectivity index (χ0) is 15.6. The van der Waals surface area contributed by atoms with Crippen LogP contribution in [0.25, 0.3) is 0 Å². The van der Waals surface area contributed by atoms with E-state index in [1.54, 1.807) is 0 Å². The summed E-state index contributed by atoms with van der Waals surface area (Å²) in [4.78, 5) is 0. The van der Waals surface area contributed by atoms with Gasteiger partial charge in [0.05, 0.1) is 10.9 Å². The smallest absolute Gasteiger partial charge is 0.166 e. The Kier molecular flexibility index (Phi) is 4.62. The highest BCUT2D eigenvalue weighted by Crippen LogP contribution is 2.31. The van der Waals surface area contributed by atoms with Crippen LogP contribution in [0.2, 0.25) is 0 Å². The van der Waals surface area contributed by atoms with Crippen LogP contribution in [0.15, 0.2) is 42.5 Å². The van der Waals surface area contributed by atoms with Crippen molar-refractivity contribution in [1.82, 2.24) is 0 Å². The first-order valence-electron chi connectivity index (χ1n) is 6.65. The van der Waals surface area contributed by atoms with Gasteiger partial charge in [-0.15, -0.1) is 11.6 Å². The Hall–Kier alpha value is -1.48. The van der Waals surface area contributed by atoms with Gasteiger partial charge in [0.25, 0.3) is 0 Å². The molecule has 112 valence electrons. The summed E-state index contributed by atoms with van der Waals surface area (Å²) in [6.07, 6.45) is -3.80. The van der Waals surface area contributed by atoms with Gasteiger partial charge in [-0.25, -0.2) is 0 Å². The van der Waals surface area contributed by atoms with Gasteiger partial charge in [-0.2, -0.15) is 13.2 Å². The number of hydrogen-bond donors (Lipinski definition) is 0. The van der Waals surface area contributed by atoms with Gasteiger partial charge in [-0.3, -0.25) is 0 Å². The molecule has 0 bridgehead atoms. The highest BCUT2D eigenvalue weighted by molar-refractivity contribution is 6.21. The zero-order valence-electron chi connectivity index (χ0n) is 11.8. The van der Waals surface area contributed by atoms with E-state index in [1.165, 1.54) is 12.1 Å². The van der Waals surface area contributed by atoms with Crippen LogP contribution in [-0.2, 0) is 12.6 Å². The summed E-state index contributed by atoms with van der Waals surface area (Å²) < 4.78 is 37.6. The third-order valence-electron chi connectivity index (χ3n) is 3.47. The van der Waals surface area contributed by atoms with Gasteiger partial charge < -0.3 is 0 Å². The molecule has 2 aromatic rings. The Labute approximate surface area is 127 Å². The van der Waals surface area contributed by atoms with E-state index in [-0.39, 0.29) is 5.38 Å². The molecule has 0 spiro atoms. The van der Waals surface area contributed by atoms with E-state index in [4.69, 9.17) is 11.6 Å². The van der Waals surface area contributed by atoms with Gasteiger partial charge in [0.2, 0.25) is 0 Å². The van der Waals surface area contributed by atoms with Crippen LogP contribution in [0.3, 0.4) is 0 Å². The topological polar surface area (TPSA) is 0 Å². The second kappa shape index (κ2) is 6.10. The van der Waals surface area contributed by atoms with E-state index in [2.05, 4.69) is 0 Å². The Bertz CT molecular complexity index is 615. The Morgan fingerprint density at radius 3 is 2.19 bits per heavy atom. The van der Waals surface area contributed by atoms with E-state index in [0.29, 0.717) is 6.42 Å². The summed E-state index contributed by atoms with van der Waals surface area (Å²) in [7, 11) is 0. The van der Waals surface area contributed by atoms with Crippen molar-refractivity contribution in [1.29, 1.82) is 0 Å². The fourth-order valence-corrected chi connectivity index (χ4v) is 2.66. The first-order chi connectivity index (χ1) is 9.77. The van der Waals surface area contributed by atoms with E-state index in [0.717, 1.165) is 34.4 Å². The SMILES string of the molecule is Cc1ccc(C)c(C(Cl)Cc2ccc(C(F)(F)F)cc2)c1. The summed E-state index contributed by atoms with van der Waals surface area (Å²) in [5.41, 5.74) is 3.39. The van der Waals surface area contributed by atoms with E-state index in [9.17, 15) is 13.2 Å². The van der Waals surface area contributed by atoms with E-state index >= 15 is 0 Å². The highest BCUT2D eigenvalue weighted by Gasteiger charge is 2.30. The molecule has 0 saturated carbocycles. The molecule has 0 aliphatic carbocycles. The molecule has 0 fully saturated rings. The summed E-state index contributed by atoms with van der Waals surface area (Å²) >= 11 is 6.43. The Morgan fingerprint density at radius 2 is 1.62 bits per heavy atom. The molecule has 0 N–H and O–H groups in total. The maximum absolute atomic E-state index is 12.5. The van der Waals surface area contributed by atoms with Crippen LogP contribution in [0.1, 0.15) is 33.2 Å². The molecule has 1 atom stereocenters. The average Bonchev–Trinajstić information content (AvgIpc) is 2.41. The van der Waals surface area contributed by atoms with Crippen LogP contribution in [0, 0.1) is 13.8 Å². The summed E-state index contributed by atoms with van der Waals surface area (Å²) in [6, 6.07) is 11.2. The molecule has 0 aromatic heterocycles. The molecule has 0 radical (unpaired) electrons. The minimum absolute atomic E-state index is 0.248. The molecule has 2 rings (SSSR count). The monoisotopic (exact) mass is 312 g/mol. The molecule has 0 aliphatic rings. The second-order valence-electron chi connectivity index (χ2n) is 5.23. The third kappa shape index (κ3) is 4.01. The molecular weight excluding hydrogens is 297 g/mol. The van der Waals surface area contributed by atoms with Gasteiger partial charge in [0, 0.05) is 0 Å². The first-order valence-corrected chi connectivity index (χ1v) is 7.08. The minimum Gasteiger partial charge on any atom is -0.166 e. The molecule has 21 heavy (non-hydrogen) atoms. The van der Waals surface area contributed by atoms with Crippen LogP contribution in [0.5, 0.6) is 0 Å². The van der Waals surface area contributed by atoms with Crippen LogP contribution < -0.4 is 0 Å². The largest absolute Gasteiger partial charge is 0.416 e. The summed E-state index contributed by atoms with van der Waals surface area (Å²) in [6.45, 7) is 3.97. The lowest BCUT2D eigenvalue weighted by molar-refractivity contribution is -0.137. The second-order valence-corrected chi connectivity index (χ2v) is 5.75. The number of benzene rings is 2. The van der Waals surface area contributed by atoms with Crippen molar-refractivity contribution in [2.45, 2.75) is 31.8 Å². The van der Waals surface area contributed by atoms with Crippen molar-refractivity contribution in [3.05, 3.63) is 70.3 Å². The molecule has 2 aromatic carbocycles. The van der Waals surface area contributed by atoms with Crippen molar-refractivity contribution >= 4 is 11.6 Å². The summed E-state index contributed by atoms with van der Waals surface area (Å²) in [5, 5.41) is -0.248.